The number of phenols is 1. The molecule has 0 radical (unpaired) electrons. The maximum atomic E-state index is 11.9. The number of phenolic OH excluding ortho intramolecular Hbond substituents is 1. The van der Waals surface area contributed by atoms with E-state index in [-0.39, 0.29) is 11.7 Å². The maximum Gasteiger partial charge on any atom is 0.255 e. The minimum Gasteiger partial charge on any atom is -0.508 e. The van der Waals surface area contributed by atoms with Gasteiger partial charge in [0, 0.05) is 17.3 Å². The van der Waals surface area contributed by atoms with Crippen molar-refractivity contribution in [1.82, 2.24) is 0 Å². The molecule has 2 N–H and O–H groups in total. The Morgan fingerprint density at radius 2 is 1.89 bits per heavy atom. The molecule has 0 bridgehead atoms. The highest BCUT2D eigenvalue weighted by molar-refractivity contribution is 6.04. The third-order valence-electron chi connectivity index (χ3n) is 2.73. The van der Waals surface area contributed by atoms with Gasteiger partial charge in [0.2, 0.25) is 0 Å². The van der Waals surface area contributed by atoms with E-state index in [1.54, 1.807) is 30.3 Å². The van der Waals surface area contributed by atoms with Crippen molar-refractivity contribution in [2.45, 2.75) is 13.3 Å². The molecule has 1 amide bonds. The van der Waals surface area contributed by atoms with Crippen molar-refractivity contribution >= 4 is 11.6 Å². The lowest BCUT2D eigenvalue weighted by Crippen LogP contribution is -2.11. The van der Waals surface area contributed by atoms with Gasteiger partial charge >= 0.3 is 0 Å². The molecule has 0 aliphatic rings. The molecule has 92 valence electrons. The molecular formula is C15H15NO2. The highest BCUT2D eigenvalue weighted by atomic mass is 16.3. The zero-order chi connectivity index (χ0) is 13.0. The van der Waals surface area contributed by atoms with Gasteiger partial charge in [-0.2, -0.15) is 0 Å². The summed E-state index contributed by atoms with van der Waals surface area (Å²) in [4.78, 5) is 11.9. The largest absolute Gasteiger partial charge is 0.508 e. The second-order valence-corrected chi connectivity index (χ2v) is 4.05. The Kier molecular flexibility index (Phi) is 3.63. The third-order valence-corrected chi connectivity index (χ3v) is 2.73. The molecule has 0 aliphatic carbocycles. The lowest BCUT2D eigenvalue weighted by Gasteiger charge is -2.06. The molecule has 2 aromatic carbocycles. The molecule has 18 heavy (non-hydrogen) atoms. The van der Waals surface area contributed by atoms with Crippen LogP contribution in [-0.2, 0) is 6.42 Å². The molecule has 0 saturated carbocycles. The average molecular weight is 241 g/mol. The van der Waals surface area contributed by atoms with Crippen LogP contribution in [0.5, 0.6) is 5.75 Å². The molecule has 0 heterocycles. The van der Waals surface area contributed by atoms with Crippen molar-refractivity contribution in [1.29, 1.82) is 0 Å². The number of hydrogen-bond acceptors (Lipinski definition) is 2. The van der Waals surface area contributed by atoms with Crippen LogP contribution in [0.3, 0.4) is 0 Å². The van der Waals surface area contributed by atoms with Crippen molar-refractivity contribution in [2.24, 2.45) is 0 Å². The number of amides is 1. The predicted octanol–water partition coefficient (Wildman–Crippen LogP) is 3.21. The van der Waals surface area contributed by atoms with Crippen molar-refractivity contribution in [2.75, 3.05) is 5.32 Å². The van der Waals surface area contributed by atoms with Crippen LogP contribution in [0.2, 0.25) is 0 Å². The van der Waals surface area contributed by atoms with E-state index < -0.39 is 0 Å². The van der Waals surface area contributed by atoms with E-state index in [0.29, 0.717) is 11.3 Å². The first-order chi connectivity index (χ1) is 8.69. The number of aryl methyl sites for hydroxylation is 1. The lowest BCUT2D eigenvalue weighted by molar-refractivity contribution is 0.102. The second kappa shape index (κ2) is 5.36. The monoisotopic (exact) mass is 241 g/mol. The first kappa shape index (κ1) is 12.2. The Morgan fingerprint density at radius 1 is 1.17 bits per heavy atom. The van der Waals surface area contributed by atoms with Crippen molar-refractivity contribution in [3.63, 3.8) is 0 Å². The van der Waals surface area contributed by atoms with Gasteiger partial charge in [0.15, 0.2) is 0 Å². The molecular weight excluding hydrogens is 226 g/mol. The van der Waals surface area contributed by atoms with E-state index in [2.05, 4.69) is 12.2 Å². The minimum absolute atomic E-state index is 0.133. The summed E-state index contributed by atoms with van der Waals surface area (Å²) >= 11 is 0. The SMILES string of the molecule is CCc1ccc(C(=O)Nc2cccc(O)c2)cc1. The van der Waals surface area contributed by atoms with Crippen molar-refractivity contribution in [3.8, 4) is 5.75 Å². The third kappa shape index (κ3) is 2.88. The number of anilines is 1. The van der Waals surface area contributed by atoms with Crippen LogP contribution in [0, 0.1) is 0 Å². The molecule has 0 saturated heterocycles. The molecule has 2 aromatic rings. The van der Waals surface area contributed by atoms with Gasteiger partial charge in [0.25, 0.3) is 5.91 Å². The average Bonchev–Trinajstić information content (AvgIpc) is 2.39. The highest BCUT2D eigenvalue weighted by Crippen LogP contribution is 2.16. The summed E-state index contributed by atoms with van der Waals surface area (Å²) in [5.74, 6) is -0.0441. The van der Waals surface area contributed by atoms with Gasteiger partial charge in [-0.3, -0.25) is 4.79 Å². The van der Waals surface area contributed by atoms with Gasteiger partial charge in [-0.05, 0) is 36.2 Å². The van der Waals surface area contributed by atoms with Crippen LogP contribution >= 0.6 is 0 Å². The molecule has 0 aromatic heterocycles. The van der Waals surface area contributed by atoms with Crippen molar-refractivity contribution in [3.05, 3.63) is 59.7 Å². The first-order valence-corrected chi connectivity index (χ1v) is 5.88. The van der Waals surface area contributed by atoms with Gasteiger partial charge in [-0.25, -0.2) is 0 Å². The Labute approximate surface area is 106 Å². The smallest absolute Gasteiger partial charge is 0.255 e. The summed E-state index contributed by atoms with van der Waals surface area (Å²) in [6, 6.07) is 14.0. The van der Waals surface area contributed by atoms with E-state index in [1.165, 1.54) is 11.6 Å². The van der Waals surface area contributed by atoms with Crippen LogP contribution in [0.4, 0.5) is 5.69 Å². The topological polar surface area (TPSA) is 49.3 Å². The number of carbonyl (C=O) groups is 1. The molecule has 3 nitrogen and oxygen atoms in total. The summed E-state index contributed by atoms with van der Waals surface area (Å²) in [6.07, 6.45) is 0.953. The molecule has 0 atom stereocenters. The number of nitrogens with one attached hydrogen (secondary N) is 1. The molecule has 2 rings (SSSR count). The Balaban J connectivity index is 2.11. The summed E-state index contributed by atoms with van der Waals surface area (Å²) < 4.78 is 0. The van der Waals surface area contributed by atoms with Gasteiger partial charge in [0.1, 0.15) is 5.75 Å². The van der Waals surface area contributed by atoms with Gasteiger partial charge in [-0.1, -0.05) is 25.1 Å². The zero-order valence-corrected chi connectivity index (χ0v) is 10.2. The number of aromatic hydroxyl groups is 1. The molecule has 0 spiro atoms. The van der Waals surface area contributed by atoms with E-state index in [9.17, 15) is 9.90 Å². The summed E-state index contributed by atoms with van der Waals surface area (Å²) in [5.41, 5.74) is 2.39. The van der Waals surface area contributed by atoms with Crippen LogP contribution in [0.15, 0.2) is 48.5 Å². The maximum absolute atomic E-state index is 11.9. The molecule has 0 unspecified atom stereocenters. The van der Waals surface area contributed by atoms with Crippen LogP contribution in [0.1, 0.15) is 22.8 Å². The van der Waals surface area contributed by atoms with E-state index >= 15 is 0 Å². The number of rotatable bonds is 3. The van der Waals surface area contributed by atoms with Crippen LogP contribution in [0.25, 0.3) is 0 Å². The second-order valence-electron chi connectivity index (χ2n) is 4.05. The van der Waals surface area contributed by atoms with Gasteiger partial charge in [0.05, 0.1) is 0 Å². The quantitative estimate of drug-likeness (QED) is 0.866. The summed E-state index contributed by atoms with van der Waals surface area (Å²) in [5, 5.41) is 12.1. The molecule has 0 aliphatic heterocycles. The van der Waals surface area contributed by atoms with E-state index in [0.717, 1.165) is 6.42 Å². The van der Waals surface area contributed by atoms with Crippen molar-refractivity contribution < 1.29 is 9.90 Å². The van der Waals surface area contributed by atoms with E-state index in [1.807, 2.05) is 12.1 Å². The zero-order valence-electron chi connectivity index (χ0n) is 10.2. The fraction of sp³-hybridized carbons (Fsp3) is 0.133. The number of hydrogen-bond donors (Lipinski definition) is 2. The van der Waals surface area contributed by atoms with Crippen LogP contribution in [-0.4, -0.2) is 11.0 Å². The predicted molar refractivity (Wildman–Crippen MR) is 71.9 cm³/mol. The summed E-state index contributed by atoms with van der Waals surface area (Å²) in [7, 11) is 0. The first-order valence-electron chi connectivity index (χ1n) is 5.88. The minimum atomic E-state index is -0.178. The fourth-order valence-electron chi connectivity index (χ4n) is 1.68. The lowest BCUT2D eigenvalue weighted by atomic mass is 10.1. The Hall–Kier alpha value is -2.29. The van der Waals surface area contributed by atoms with Crippen LogP contribution < -0.4 is 5.32 Å². The van der Waals surface area contributed by atoms with Gasteiger partial charge in [-0.15, -0.1) is 0 Å². The Morgan fingerprint density at radius 3 is 2.50 bits per heavy atom. The fourth-order valence-corrected chi connectivity index (χ4v) is 1.68. The van der Waals surface area contributed by atoms with Gasteiger partial charge < -0.3 is 10.4 Å². The summed E-state index contributed by atoms with van der Waals surface area (Å²) in [6.45, 7) is 2.07. The normalized spacial score (nSPS) is 10.1. The number of benzene rings is 2. The van der Waals surface area contributed by atoms with E-state index in [4.69, 9.17) is 0 Å². The standard InChI is InChI=1S/C15H15NO2/c1-2-11-6-8-12(9-7-11)15(18)16-13-4-3-5-14(17)10-13/h3-10,17H,2H2,1H3,(H,16,18). The Bertz CT molecular complexity index is 547. The highest BCUT2D eigenvalue weighted by Gasteiger charge is 2.05. The number of carbonyl (C=O) groups excluding carboxylic acids is 1. The molecule has 0 fully saturated rings. The molecule has 3 heteroatoms.